The van der Waals surface area contributed by atoms with Crippen LogP contribution < -0.4 is 9.04 Å². The number of hydrogen-bond donors (Lipinski definition) is 0. The third kappa shape index (κ3) is 4.24. The van der Waals surface area contributed by atoms with E-state index in [1.807, 2.05) is 30.3 Å². The van der Waals surface area contributed by atoms with Gasteiger partial charge in [0.1, 0.15) is 5.75 Å². The van der Waals surface area contributed by atoms with Crippen LogP contribution >= 0.6 is 0 Å². The number of para-hydroxylation sites is 2. The molecule has 4 rings (SSSR count). The van der Waals surface area contributed by atoms with Crippen molar-refractivity contribution in [3.05, 3.63) is 60.5 Å². The van der Waals surface area contributed by atoms with Gasteiger partial charge in [0.05, 0.1) is 24.5 Å². The number of benzene rings is 2. The minimum atomic E-state index is -3.57. The molecule has 9 nitrogen and oxygen atoms in total. The first-order valence-corrected chi connectivity index (χ1v) is 11.4. The second-order valence-corrected chi connectivity index (χ2v) is 9.26. The molecule has 1 aliphatic heterocycles. The topological polar surface area (TPSA) is 106 Å². The van der Waals surface area contributed by atoms with Gasteiger partial charge in [-0.3, -0.25) is 9.10 Å². The lowest BCUT2D eigenvalue weighted by Gasteiger charge is -2.35. The third-order valence-electron chi connectivity index (χ3n) is 4.96. The number of aromatic nitrogens is 2. The van der Waals surface area contributed by atoms with E-state index in [-0.39, 0.29) is 30.6 Å². The molecule has 0 radical (unpaired) electrons. The molecular weight excluding hydrogens is 420 g/mol. The van der Waals surface area contributed by atoms with Gasteiger partial charge >= 0.3 is 0 Å². The van der Waals surface area contributed by atoms with E-state index in [0.29, 0.717) is 17.3 Å². The van der Waals surface area contributed by atoms with Crippen molar-refractivity contribution in [2.75, 3.05) is 23.7 Å². The summed E-state index contributed by atoms with van der Waals surface area (Å²) in [5.41, 5.74) is 1.24. The van der Waals surface area contributed by atoms with Crippen LogP contribution in [0.5, 0.6) is 5.75 Å². The quantitative estimate of drug-likeness (QED) is 0.577. The molecule has 162 valence electrons. The molecule has 2 heterocycles. The van der Waals surface area contributed by atoms with Gasteiger partial charge in [0.2, 0.25) is 21.7 Å². The van der Waals surface area contributed by atoms with Gasteiger partial charge in [0, 0.05) is 12.6 Å². The maximum absolute atomic E-state index is 13.0. The molecule has 0 saturated heterocycles. The molecule has 0 N–H and O–H groups in total. The number of sulfonamides is 1. The molecule has 1 amide bonds. The predicted octanol–water partition coefficient (Wildman–Crippen LogP) is 2.31. The van der Waals surface area contributed by atoms with Crippen molar-refractivity contribution in [2.24, 2.45) is 0 Å². The van der Waals surface area contributed by atoms with Gasteiger partial charge in [-0.15, -0.1) is 0 Å². The highest BCUT2D eigenvalue weighted by atomic mass is 32.2. The van der Waals surface area contributed by atoms with Gasteiger partial charge in [0.15, 0.2) is 6.10 Å². The highest BCUT2D eigenvalue weighted by Crippen LogP contribution is 2.35. The number of nitrogens with zero attached hydrogens (tertiary/aromatic N) is 4. The SMILES string of the molecule is CCS(=O)(=O)N1C[C@@H](C(=O)N(C)Cc2nc(-c3ccccc3)no2)Oc2ccccc21. The van der Waals surface area contributed by atoms with Gasteiger partial charge in [-0.05, 0) is 19.1 Å². The van der Waals surface area contributed by atoms with Crippen LogP contribution in [0.1, 0.15) is 12.8 Å². The number of amides is 1. The Balaban J connectivity index is 1.51. The highest BCUT2D eigenvalue weighted by molar-refractivity contribution is 7.92. The van der Waals surface area contributed by atoms with Crippen molar-refractivity contribution in [3.8, 4) is 17.1 Å². The van der Waals surface area contributed by atoms with Crippen molar-refractivity contribution in [3.63, 3.8) is 0 Å². The lowest BCUT2D eigenvalue weighted by Crippen LogP contribution is -2.51. The normalized spacial score (nSPS) is 15.8. The van der Waals surface area contributed by atoms with E-state index in [2.05, 4.69) is 10.1 Å². The summed E-state index contributed by atoms with van der Waals surface area (Å²) in [5.74, 6) is 0.581. The first kappa shape index (κ1) is 20.9. The van der Waals surface area contributed by atoms with E-state index in [9.17, 15) is 13.2 Å². The van der Waals surface area contributed by atoms with Crippen molar-refractivity contribution in [1.82, 2.24) is 15.0 Å². The molecule has 10 heteroatoms. The number of carbonyl (C=O) groups is 1. The van der Waals surface area contributed by atoms with Crippen LogP contribution in [0.4, 0.5) is 5.69 Å². The Morgan fingerprint density at radius 2 is 1.87 bits per heavy atom. The molecule has 1 atom stereocenters. The lowest BCUT2D eigenvalue weighted by atomic mass is 10.2. The zero-order valence-corrected chi connectivity index (χ0v) is 17.9. The first-order chi connectivity index (χ1) is 14.9. The number of ether oxygens (including phenoxy) is 1. The molecule has 1 aromatic heterocycles. The standard InChI is InChI=1S/C21H22N4O5S/c1-3-31(27,28)25-13-18(29-17-12-8-7-11-16(17)25)21(26)24(2)14-19-22-20(23-30-19)15-9-5-4-6-10-15/h4-12,18H,3,13-14H2,1-2H3/t18-/m0/s1. The summed E-state index contributed by atoms with van der Waals surface area (Å²) < 4.78 is 37.5. The Morgan fingerprint density at radius 1 is 1.16 bits per heavy atom. The molecule has 0 unspecified atom stereocenters. The fraction of sp³-hybridized carbons (Fsp3) is 0.286. The van der Waals surface area contributed by atoms with Crippen LogP contribution in [0, 0.1) is 0 Å². The van der Waals surface area contributed by atoms with Gasteiger partial charge in [-0.2, -0.15) is 4.98 Å². The monoisotopic (exact) mass is 442 g/mol. The summed E-state index contributed by atoms with van der Waals surface area (Å²) in [6, 6.07) is 16.1. The first-order valence-electron chi connectivity index (χ1n) is 9.78. The number of carbonyl (C=O) groups excluding carboxylic acids is 1. The largest absolute Gasteiger partial charge is 0.476 e. The van der Waals surface area contributed by atoms with E-state index in [1.165, 1.54) is 9.21 Å². The minimum Gasteiger partial charge on any atom is -0.476 e. The summed E-state index contributed by atoms with van der Waals surface area (Å²) in [7, 11) is -1.99. The number of fused-ring (bicyclic) bond motifs is 1. The molecular formula is C21H22N4O5S. The van der Waals surface area contributed by atoms with E-state index >= 15 is 0 Å². The van der Waals surface area contributed by atoms with Gasteiger partial charge in [0.25, 0.3) is 5.91 Å². The lowest BCUT2D eigenvalue weighted by molar-refractivity contribution is -0.138. The van der Waals surface area contributed by atoms with Crippen LogP contribution in [-0.4, -0.2) is 54.8 Å². The van der Waals surface area contributed by atoms with Crippen molar-refractivity contribution < 1.29 is 22.5 Å². The summed E-state index contributed by atoms with van der Waals surface area (Å²) in [6.07, 6.45) is -0.988. The molecule has 3 aromatic rings. The number of likely N-dealkylation sites (N-methyl/N-ethyl adjacent to an activating group) is 1. The van der Waals surface area contributed by atoms with Crippen LogP contribution in [0.2, 0.25) is 0 Å². The molecule has 1 aliphatic rings. The smallest absolute Gasteiger partial charge is 0.265 e. The fourth-order valence-corrected chi connectivity index (χ4v) is 4.42. The fourth-order valence-electron chi connectivity index (χ4n) is 3.30. The molecule has 2 aromatic carbocycles. The molecule has 31 heavy (non-hydrogen) atoms. The van der Waals surface area contributed by atoms with E-state index in [4.69, 9.17) is 9.26 Å². The zero-order chi connectivity index (χ0) is 22.0. The Labute approximate surface area is 180 Å². The second-order valence-electron chi connectivity index (χ2n) is 7.08. The van der Waals surface area contributed by atoms with E-state index in [1.54, 1.807) is 38.2 Å². The van der Waals surface area contributed by atoms with E-state index < -0.39 is 16.1 Å². The maximum Gasteiger partial charge on any atom is 0.265 e. The number of anilines is 1. The Hall–Kier alpha value is -3.40. The predicted molar refractivity (Wildman–Crippen MR) is 114 cm³/mol. The summed E-state index contributed by atoms with van der Waals surface area (Å²) >= 11 is 0. The van der Waals surface area contributed by atoms with Crippen LogP contribution in [0.3, 0.4) is 0 Å². The molecule has 0 saturated carbocycles. The van der Waals surface area contributed by atoms with Gasteiger partial charge < -0.3 is 14.2 Å². The van der Waals surface area contributed by atoms with Crippen LogP contribution in [0.15, 0.2) is 59.1 Å². The van der Waals surface area contributed by atoms with Crippen LogP contribution in [0.25, 0.3) is 11.4 Å². The summed E-state index contributed by atoms with van der Waals surface area (Å²) in [4.78, 5) is 18.8. The average molecular weight is 442 g/mol. The van der Waals surface area contributed by atoms with Crippen LogP contribution in [-0.2, 0) is 21.4 Å². The van der Waals surface area contributed by atoms with Gasteiger partial charge in [-0.25, -0.2) is 8.42 Å². The average Bonchev–Trinajstić information content (AvgIpc) is 3.26. The maximum atomic E-state index is 13.0. The third-order valence-corrected chi connectivity index (χ3v) is 6.71. The zero-order valence-electron chi connectivity index (χ0n) is 17.1. The Bertz CT molecular complexity index is 1180. The van der Waals surface area contributed by atoms with Crippen molar-refractivity contribution >= 4 is 21.6 Å². The highest BCUT2D eigenvalue weighted by Gasteiger charge is 2.37. The van der Waals surface area contributed by atoms with Crippen molar-refractivity contribution in [2.45, 2.75) is 19.6 Å². The molecule has 0 fully saturated rings. The molecule has 0 spiro atoms. The minimum absolute atomic E-state index is 0.0701. The molecule has 0 aliphatic carbocycles. The number of hydrogen-bond acceptors (Lipinski definition) is 7. The molecule has 0 bridgehead atoms. The summed E-state index contributed by atoms with van der Waals surface area (Å²) in [5, 5.41) is 3.95. The Kier molecular flexibility index (Phi) is 5.64. The summed E-state index contributed by atoms with van der Waals surface area (Å²) in [6.45, 7) is 1.53. The number of rotatable bonds is 6. The van der Waals surface area contributed by atoms with E-state index in [0.717, 1.165) is 5.56 Å². The second kappa shape index (κ2) is 8.38. The Morgan fingerprint density at radius 3 is 2.61 bits per heavy atom. The van der Waals surface area contributed by atoms with Gasteiger partial charge in [-0.1, -0.05) is 47.6 Å². The van der Waals surface area contributed by atoms with Crippen molar-refractivity contribution in [1.29, 1.82) is 0 Å².